The molecule has 0 saturated carbocycles. The van der Waals surface area contributed by atoms with E-state index in [0.717, 1.165) is 45.5 Å². The summed E-state index contributed by atoms with van der Waals surface area (Å²) in [5, 5.41) is 5.42. The van der Waals surface area contributed by atoms with Gasteiger partial charge in [-0.15, -0.1) is 0 Å². The van der Waals surface area contributed by atoms with Gasteiger partial charge >= 0.3 is 5.97 Å². The normalized spacial score (nSPS) is 11.1. The Kier molecular flexibility index (Phi) is 5.71. The first-order valence-electron chi connectivity index (χ1n) is 10.4. The monoisotopic (exact) mass is 415 g/mol. The molecule has 0 amide bonds. The lowest BCUT2D eigenvalue weighted by Gasteiger charge is -2.06. The summed E-state index contributed by atoms with van der Waals surface area (Å²) in [4.78, 5) is 28.3. The van der Waals surface area contributed by atoms with Crippen LogP contribution in [0.4, 0.5) is 0 Å². The number of aromatic amines is 1. The molecule has 158 valence electrons. The maximum Gasteiger partial charge on any atom is 0.310 e. The zero-order valence-electron chi connectivity index (χ0n) is 17.9. The molecule has 1 N–H and O–H groups in total. The minimum absolute atomic E-state index is 0.0750. The summed E-state index contributed by atoms with van der Waals surface area (Å²) in [6, 6.07) is 15.6. The number of hydrogen-bond acceptors (Lipinski definition) is 4. The van der Waals surface area contributed by atoms with E-state index in [0.29, 0.717) is 5.56 Å². The van der Waals surface area contributed by atoms with Crippen LogP contribution in [0.15, 0.2) is 54.7 Å². The summed E-state index contributed by atoms with van der Waals surface area (Å²) in [6.07, 6.45) is 2.64. The number of fused-ring (bicyclic) bond motifs is 1. The number of aryl methyl sites for hydroxylation is 2. The molecule has 2 aromatic heterocycles. The van der Waals surface area contributed by atoms with E-state index in [1.54, 1.807) is 6.20 Å². The Morgan fingerprint density at radius 1 is 1.06 bits per heavy atom. The summed E-state index contributed by atoms with van der Waals surface area (Å²) < 4.78 is 7.14. The first-order valence-corrected chi connectivity index (χ1v) is 10.4. The van der Waals surface area contributed by atoms with Gasteiger partial charge in [-0.25, -0.2) is 4.68 Å². The van der Waals surface area contributed by atoms with Crippen molar-refractivity contribution in [1.29, 1.82) is 0 Å². The quantitative estimate of drug-likeness (QED) is 0.356. The van der Waals surface area contributed by atoms with Crippen LogP contribution in [-0.2, 0) is 22.4 Å². The van der Waals surface area contributed by atoms with Crippen LogP contribution < -0.4 is 0 Å². The van der Waals surface area contributed by atoms with Crippen molar-refractivity contribution in [3.05, 3.63) is 82.8 Å². The number of benzene rings is 2. The molecule has 0 radical (unpaired) electrons. The molecule has 4 aromatic rings. The summed E-state index contributed by atoms with van der Waals surface area (Å²) in [5.41, 5.74) is 6.06. The molecule has 0 unspecified atom stereocenters. The van der Waals surface area contributed by atoms with Crippen LogP contribution in [0.1, 0.15) is 39.8 Å². The van der Waals surface area contributed by atoms with Crippen LogP contribution in [-0.4, -0.2) is 33.1 Å². The topological polar surface area (TPSA) is 77.0 Å². The molecule has 0 aliphatic heterocycles. The zero-order valence-corrected chi connectivity index (χ0v) is 17.9. The standard InChI is InChI=1S/C25H25N3O3/c1-4-18-9-8-12-20-22(14-26-25(18)20)23(29)15-31-24(30)13-21-16(2)27-28(17(21)3)19-10-6-5-7-11-19/h5-12,14,26H,4,13,15H2,1-3H3. The van der Waals surface area contributed by atoms with Crippen LogP contribution in [0, 0.1) is 13.8 Å². The van der Waals surface area contributed by atoms with Gasteiger partial charge in [0.05, 0.1) is 17.8 Å². The third-order valence-electron chi connectivity index (χ3n) is 5.61. The molecule has 0 atom stereocenters. The first kappa shape index (κ1) is 20.6. The molecule has 0 bridgehead atoms. The van der Waals surface area contributed by atoms with Gasteiger partial charge in [0.15, 0.2) is 6.61 Å². The predicted molar refractivity (Wildman–Crippen MR) is 120 cm³/mol. The minimum atomic E-state index is -0.443. The number of para-hydroxylation sites is 2. The number of H-pyrrole nitrogens is 1. The highest BCUT2D eigenvalue weighted by Crippen LogP contribution is 2.23. The van der Waals surface area contributed by atoms with Gasteiger partial charge in [0.1, 0.15) is 0 Å². The van der Waals surface area contributed by atoms with Crippen LogP contribution in [0.25, 0.3) is 16.6 Å². The molecule has 0 fully saturated rings. The average Bonchev–Trinajstić information content (AvgIpc) is 3.34. The smallest absolute Gasteiger partial charge is 0.310 e. The Morgan fingerprint density at radius 3 is 2.58 bits per heavy atom. The van der Waals surface area contributed by atoms with Crippen LogP contribution in [0.2, 0.25) is 0 Å². The highest BCUT2D eigenvalue weighted by atomic mass is 16.5. The van der Waals surface area contributed by atoms with Crippen molar-refractivity contribution < 1.29 is 14.3 Å². The number of Topliss-reactive ketones (excluding diaryl/α,β-unsaturated/α-hetero) is 1. The molecule has 0 aliphatic rings. The van der Waals surface area contributed by atoms with Crippen molar-refractivity contribution in [2.45, 2.75) is 33.6 Å². The minimum Gasteiger partial charge on any atom is -0.457 e. The third-order valence-corrected chi connectivity index (χ3v) is 5.61. The van der Waals surface area contributed by atoms with Gasteiger partial charge in [-0.3, -0.25) is 9.59 Å². The summed E-state index contributed by atoms with van der Waals surface area (Å²) >= 11 is 0. The Morgan fingerprint density at radius 2 is 1.84 bits per heavy atom. The molecule has 31 heavy (non-hydrogen) atoms. The van der Waals surface area contributed by atoms with E-state index in [1.807, 2.05) is 67.1 Å². The predicted octanol–water partition coefficient (Wildman–Crippen LogP) is 4.50. The Hall–Kier alpha value is -3.67. The van der Waals surface area contributed by atoms with Gasteiger partial charge in [-0.1, -0.05) is 43.3 Å². The largest absolute Gasteiger partial charge is 0.457 e. The van der Waals surface area contributed by atoms with E-state index in [-0.39, 0.29) is 18.8 Å². The highest BCUT2D eigenvalue weighted by Gasteiger charge is 2.19. The number of ketones is 1. The number of ether oxygens (including phenoxy) is 1. The second kappa shape index (κ2) is 8.60. The molecule has 0 saturated heterocycles. The van der Waals surface area contributed by atoms with E-state index in [2.05, 4.69) is 17.0 Å². The summed E-state index contributed by atoms with van der Waals surface area (Å²) in [6.45, 7) is 5.59. The Balaban J connectivity index is 1.45. The van der Waals surface area contributed by atoms with Crippen molar-refractivity contribution in [1.82, 2.24) is 14.8 Å². The number of nitrogens with zero attached hydrogens (tertiary/aromatic N) is 2. The summed E-state index contributed by atoms with van der Waals surface area (Å²) in [5.74, 6) is -0.664. The van der Waals surface area contributed by atoms with Crippen molar-refractivity contribution in [3.63, 3.8) is 0 Å². The molecule has 6 heteroatoms. The molecule has 6 nitrogen and oxygen atoms in total. The highest BCUT2D eigenvalue weighted by molar-refractivity contribution is 6.09. The second-order valence-corrected chi connectivity index (χ2v) is 7.55. The first-order chi connectivity index (χ1) is 15.0. The van der Waals surface area contributed by atoms with Crippen molar-refractivity contribution >= 4 is 22.7 Å². The van der Waals surface area contributed by atoms with Gasteiger partial charge < -0.3 is 9.72 Å². The van der Waals surface area contributed by atoms with Crippen molar-refractivity contribution in [3.8, 4) is 5.69 Å². The van der Waals surface area contributed by atoms with E-state index in [4.69, 9.17) is 4.74 Å². The third kappa shape index (κ3) is 4.01. The zero-order chi connectivity index (χ0) is 22.0. The molecule has 2 heterocycles. The van der Waals surface area contributed by atoms with Gasteiger partial charge in [0, 0.05) is 33.9 Å². The average molecular weight is 415 g/mol. The molecule has 0 spiro atoms. The molecular formula is C25H25N3O3. The lowest BCUT2D eigenvalue weighted by atomic mass is 10.1. The SMILES string of the molecule is CCc1cccc2c(C(=O)COC(=O)Cc3c(C)nn(-c4ccccc4)c3C)c[nH]c12. The fraction of sp³-hybridized carbons (Fsp3) is 0.240. The van der Waals surface area contributed by atoms with Crippen LogP contribution >= 0.6 is 0 Å². The lowest BCUT2D eigenvalue weighted by Crippen LogP contribution is -2.16. The number of carbonyl (C=O) groups is 2. The maximum absolute atomic E-state index is 12.7. The Bertz CT molecular complexity index is 1250. The number of carbonyl (C=O) groups excluding carboxylic acids is 2. The molecular weight excluding hydrogens is 390 g/mol. The maximum atomic E-state index is 12.7. The van der Waals surface area contributed by atoms with Gasteiger partial charge in [-0.05, 0) is 38.0 Å². The van der Waals surface area contributed by atoms with Crippen LogP contribution in [0.3, 0.4) is 0 Å². The molecule has 4 rings (SSSR count). The fourth-order valence-corrected chi connectivity index (χ4v) is 3.91. The van der Waals surface area contributed by atoms with Crippen molar-refractivity contribution in [2.75, 3.05) is 6.61 Å². The van der Waals surface area contributed by atoms with Crippen molar-refractivity contribution in [2.24, 2.45) is 0 Å². The van der Waals surface area contributed by atoms with E-state index in [1.165, 1.54) is 0 Å². The van der Waals surface area contributed by atoms with Gasteiger partial charge in [0.2, 0.25) is 5.78 Å². The van der Waals surface area contributed by atoms with E-state index < -0.39 is 5.97 Å². The number of esters is 1. The van der Waals surface area contributed by atoms with E-state index in [9.17, 15) is 9.59 Å². The van der Waals surface area contributed by atoms with E-state index >= 15 is 0 Å². The lowest BCUT2D eigenvalue weighted by molar-refractivity contribution is -0.141. The summed E-state index contributed by atoms with van der Waals surface area (Å²) in [7, 11) is 0. The second-order valence-electron chi connectivity index (χ2n) is 7.55. The van der Waals surface area contributed by atoms with Crippen LogP contribution in [0.5, 0.6) is 0 Å². The number of hydrogen-bond donors (Lipinski definition) is 1. The van der Waals surface area contributed by atoms with Gasteiger partial charge in [0.25, 0.3) is 0 Å². The molecule has 0 aliphatic carbocycles. The number of nitrogens with one attached hydrogen (secondary N) is 1. The fourth-order valence-electron chi connectivity index (χ4n) is 3.91. The van der Waals surface area contributed by atoms with Gasteiger partial charge in [-0.2, -0.15) is 5.10 Å². The number of aromatic nitrogens is 3. The number of rotatable bonds is 7. The Labute approximate surface area is 180 Å². The molecule has 2 aromatic carbocycles.